The highest BCUT2D eigenvalue weighted by atomic mass is 16.5. The zero-order chi connectivity index (χ0) is 14.1. The van der Waals surface area contributed by atoms with Gasteiger partial charge in [0.25, 0.3) is 5.89 Å². The first kappa shape index (κ1) is 13.0. The van der Waals surface area contributed by atoms with E-state index >= 15 is 0 Å². The van der Waals surface area contributed by atoms with Crippen molar-refractivity contribution in [2.45, 2.75) is 30.8 Å². The molecule has 5 heteroatoms. The molecule has 21 heavy (non-hydrogen) atoms. The molecule has 3 atom stereocenters. The van der Waals surface area contributed by atoms with Crippen LogP contribution in [-0.2, 0) is 9.47 Å². The van der Waals surface area contributed by atoms with Crippen LogP contribution in [0.2, 0.25) is 0 Å². The highest BCUT2D eigenvalue weighted by Gasteiger charge is 2.36. The maximum Gasteiger partial charge on any atom is 0.256 e. The number of ether oxygens (including phenoxy) is 2. The molecule has 4 rings (SSSR count). The van der Waals surface area contributed by atoms with Gasteiger partial charge in [0.1, 0.15) is 6.10 Å². The Labute approximate surface area is 123 Å². The topological polar surface area (TPSA) is 57.4 Å². The van der Waals surface area contributed by atoms with Gasteiger partial charge in [-0.25, -0.2) is 0 Å². The number of hydrogen-bond acceptors (Lipinski definition) is 5. The Kier molecular flexibility index (Phi) is 3.45. The third kappa shape index (κ3) is 2.47. The normalized spacial score (nSPS) is 29.0. The Balaban J connectivity index is 1.57. The third-order valence-corrected chi connectivity index (χ3v) is 4.32. The van der Waals surface area contributed by atoms with Gasteiger partial charge in [-0.1, -0.05) is 35.5 Å². The van der Waals surface area contributed by atoms with Crippen LogP contribution in [0.15, 0.2) is 34.9 Å². The summed E-state index contributed by atoms with van der Waals surface area (Å²) in [5, 5.41) is 4.12. The van der Waals surface area contributed by atoms with E-state index in [0.717, 1.165) is 31.9 Å². The first-order chi connectivity index (χ1) is 10.4. The second-order valence-electron chi connectivity index (χ2n) is 5.65. The smallest absolute Gasteiger partial charge is 0.256 e. The maximum absolute atomic E-state index is 5.85. The molecule has 0 spiro atoms. The van der Waals surface area contributed by atoms with Gasteiger partial charge in [0, 0.05) is 25.0 Å². The van der Waals surface area contributed by atoms with Crippen molar-refractivity contribution in [2.24, 2.45) is 0 Å². The second-order valence-corrected chi connectivity index (χ2v) is 5.65. The van der Waals surface area contributed by atoms with Gasteiger partial charge in [0.2, 0.25) is 0 Å². The molecular weight excluding hydrogens is 268 g/mol. The second kappa shape index (κ2) is 5.58. The van der Waals surface area contributed by atoms with Crippen LogP contribution in [0.25, 0.3) is 0 Å². The average molecular weight is 286 g/mol. The van der Waals surface area contributed by atoms with Crippen LogP contribution in [0.5, 0.6) is 0 Å². The lowest BCUT2D eigenvalue weighted by Gasteiger charge is -2.14. The van der Waals surface area contributed by atoms with E-state index in [4.69, 9.17) is 14.0 Å². The zero-order valence-corrected chi connectivity index (χ0v) is 11.8. The fraction of sp³-hybridized carbons (Fsp3) is 0.500. The molecule has 1 unspecified atom stereocenters. The largest absolute Gasteiger partial charge is 0.381 e. The summed E-state index contributed by atoms with van der Waals surface area (Å²) in [6.45, 7) is 2.20. The van der Waals surface area contributed by atoms with E-state index in [2.05, 4.69) is 34.4 Å². The molecular formula is C16H18N2O3. The number of hydrogen-bond donors (Lipinski definition) is 0. The first-order valence-electron chi connectivity index (χ1n) is 7.49. The van der Waals surface area contributed by atoms with Crippen LogP contribution in [-0.4, -0.2) is 30.0 Å². The molecule has 5 nitrogen and oxygen atoms in total. The van der Waals surface area contributed by atoms with Gasteiger partial charge in [-0.05, 0) is 18.4 Å². The molecule has 0 N–H and O–H groups in total. The van der Waals surface area contributed by atoms with E-state index in [1.165, 1.54) is 5.56 Å². The summed E-state index contributed by atoms with van der Waals surface area (Å²) in [6, 6.07) is 10.4. The predicted molar refractivity (Wildman–Crippen MR) is 75.0 cm³/mol. The van der Waals surface area contributed by atoms with Gasteiger partial charge in [-0.3, -0.25) is 0 Å². The fourth-order valence-corrected chi connectivity index (χ4v) is 3.14. The van der Waals surface area contributed by atoms with E-state index in [0.29, 0.717) is 18.4 Å². The lowest BCUT2D eigenvalue weighted by molar-refractivity contribution is 0.0758. The Morgan fingerprint density at radius 1 is 1.05 bits per heavy atom. The Morgan fingerprint density at radius 3 is 2.76 bits per heavy atom. The number of rotatable bonds is 3. The van der Waals surface area contributed by atoms with Crippen molar-refractivity contribution in [1.82, 2.24) is 10.1 Å². The van der Waals surface area contributed by atoms with Crippen LogP contribution < -0.4 is 0 Å². The summed E-state index contributed by atoms with van der Waals surface area (Å²) in [7, 11) is 0. The lowest BCUT2D eigenvalue weighted by Crippen LogP contribution is -2.07. The summed E-state index contributed by atoms with van der Waals surface area (Å²) < 4.78 is 16.7. The molecule has 0 saturated carbocycles. The summed E-state index contributed by atoms with van der Waals surface area (Å²) >= 11 is 0. The molecule has 2 aliphatic rings. The van der Waals surface area contributed by atoms with E-state index in [1.54, 1.807) is 0 Å². The monoisotopic (exact) mass is 286 g/mol. The fourth-order valence-electron chi connectivity index (χ4n) is 3.14. The van der Waals surface area contributed by atoms with Gasteiger partial charge < -0.3 is 14.0 Å². The van der Waals surface area contributed by atoms with E-state index in [-0.39, 0.29) is 12.0 Å². The van der Waals surface area contributed by atoms with Crippen molar-refractivity contribution in [2.75, 3.05) is 19.8 Å². The van der Waals surface area contributed by atoms with Crippen molar-refractivity contribution < 1.29 is 14.0 Å². The molecule has 0 aliphatic carbocycles. The number of aromatic nitrogens is 2. The molecule has 0 bridgehead atoms. The molecule has 110 valence electrons. The van der Waals surface area contributed by atoms with Crippen molar-refractivity contribution in [3.63, 3.8) is 0 Å². The van der Waals surface area contributed by atoms with Crippen molar-refractivity contribution in [3.05, 3.63) is 47.6 Å². The van der Waals surface area contributed by atoms with Crippen molar-refractivity contribution in [3.8, 4) is 0 Å². The van der Waals surface area contributed by atoms with Crippen LogP contribution in [0.3, 0.4) is 0 Å². The van der Waals surface area contributed by atoms with Crippen molar-refractivity contribution >= 4 is 0 Å². The van der Waals surface area contributed by atoms with Gasteiger partial charge >= 0.3 is 0 Å². The van der Waals surface area contributed by atoms with E-state index in [9.17, 15) is 0 Å². The highest BCUT2D eigenvalue weighted by Crippen LogP contribution is 2.41. The molecule has 2 fully saturated rings. The van der Waals surface area contributed by atoms with Gasteiger partial charge in [-0.15, -0.1) is 0 Å². The highest BCUT2D eigenvalue weighted by molar-refractivity contribution is 5.23. The molecule has 0 radical (unpaired) electrons. The van der Waals surface area contributed by atoms with Gasteiger partial charge in [0.05, 0.1) is 6.61 Å². The minimum Gasteiger partial charge on any atom is -0.381 e. The minimum atomic E-state index is -0.129. The van der Waals surface area contributed by atoms with Crippen molar-refractivity contribution in [1.29, 1.82) is 0 Å². The van der Waals surface area contributed by atoms with E-state index in [1.807, 2.05) is 6.07 Å². The molecule has 0 amide bonds. The molecule has 2 aliphatic heterocycles. The lowest BCUT2D eigenvalue weighted by atomic mass is 9.92. The number of benzene rings is 1. The number of nitrogens with zero attached hydrogens (tertiary/aromatic N) is 2. The average Bonchev–Trinajstić information content (AvgIpc) is 3.27. The summed E-state index contributed by atoms with van der Waals surface area (Å²) in [5.74, 6) is 1.91. The SMILES string of the molecule is c1ccc([C@@H]2CCO[C@@H]2c2nc(C3CCOC3)no2)cc1. The standard InChI is InChI=1S/C16H18N2O3/c1-2-4-11(5-3-1)13-7-9-20-14(13)16-17-15(18-21-16)12-6-8-19-10-12/h1-5,12-14H,6-10H2/t12?,13-,14-/m0/s1. The Hall–Kier alpha value is -1.72. The summed E-state index contributed by atoms with van der Waals surface area (Å²) in [5.41, 5.74) is 1.27. The minimum absolute atomic E-state index is 0.129. The molecule has 3 heterocycles. The Morgan fingerprint density at radius 2 is 1.95 bits per heavy atom. The quantitative estimate of drug-likeness (QED) is 0.868. The van der Waals surface area contributed by atoms with Crippen LogP contribution in [0.4, 0.5) is 0 Å². The summed E-state index contributed by atoms with van der Waals surface area (Å²) in [6.07, 6.45) is 1.82. The molecule has 2 aromatic rings. The van der Waals surface area contributed by atoms with Crippen LogP contribution in [0.1, 0.15) is 48.1 Å². The van der Waals surface area contributed by atoms with Crippen LogP contribution in [0, 0.1) is 0 Å². The summed E-state index contributed by atoms with van der Waals surface area (Å²) in [4.78, 5) is 4.57. The van der Waals surface area contributed by atoms with Crippen LogP contribution >= 0.6 is 0 Å². The third-order valence-electron chi connectivity index (χ3n) is 4.32. The molecule has 1 aromatic carbocycles. The van der Waals surface area contributed by atoms with Gasteiger partial charge in [0.15, 0.2) is 5.82 Å². The first-order valence-corrected chi connectivity index (χ1v) is 7.49. The zero-order valence-electron chi connectivity index (χ0n) is 11.8. The Bertz CT molecular complexity index is 593. The molecule has 1 aromatic heterocycles. The maximum atomic E-state index is 5.85. The van der Waals surface area contributed by atoms with E-state index < -0.39 is 0 Å². The predicted octanol–water partition coefficient (Wildman–Crippen LogP) is 2.82. The van der Waals surface area contributed by atoms with Gasteiger partial charge in [-0.2, -0.15) is 4.98 Å². The molecule has 2 saturated heterocycles.